The molecule has 1 aliphatic carbocycles. The van der Waals surface area contributed by atoms with Gasteiger partial charge in [0.1, 0.15) is 0 Å². The molecule has 1 nitrogen and oxygen atoms in total. The van der Waals surface area contributed by atoms with Crippen LogP contribution < -0.4 is 5.32 Å². The van der Waals surface area contributed by atoms with E-state index in [-0.39, 0.29) is 0 Å². The standard InChI is InChI=1S/C17H27NS/c1-4-6-14-9-10-16(18-3)17(12-14)19-15-8-5-7-13(2)11-15/h5,7-8,11,14,16-18H,4,6,9-10,12H2,1-3H3. The third-order valence-electron chi connectivity index (χ3n) is 4.25. The van der Waals surface area contributed by atoms with Crippen molar-refractivity contribution in [3.8, 4) is 0 Å². The predicted octanol–water partition coefficient (Wildman–Crippen LogP) is 4.64. The molecule has 0 saturated heterocycles. The number of hydrogen-bond donors (Lipinski definition) is 1. The Bertz CT molecular complexity index is 391. The van der Waals surface area contributed by atoms with Gasteiger partial charge in [-0.25, -0.2) is 0 Å². The van der Waals surface area contributed by atoms with Crippen molar-refractivity contribution in [1.82, 2.24) is 5.32 Å². The lowest BCUT2D eigenvalue weighted by atomic mass is 9.83. The van der Waals surface area contributed by atoms with Crippen LogP contribution >= 0.6 is 11.8 Å². The van der Waals surface area contributed by atoms with E-state index in [2.05, 4.69) is 62.2 Å². The largest absolute Gasteiger partial charge is 0.316 e. The van der Waals surface area contributed by atoms with Crippen LogP contribution in [0.4, 0.5) is 0 Å². The summed E-state index contributed by atoms with van der Waals surface area (Å²) in [7, 11) is 2.12. The van der Waals surface area contributed by atoms with Crippen molar-refractivity contribution in [2.24, 2.45) is 5.92 Å². The molecule has 0 radical (unpaired) electrons. The predicted molar refractivity (Wildman–Crippen MR) is 85.9 cm³/mol. The first-order chi connectivity index (χ1) is 9.22. The maximum absolute atomic E-state index is 3.53. The second-order valence-corrected chi connectivity index (χ2v) is 7.15. The van der Waals surface area contributed by atoms with Gasteiger partial charge in [-0.1, -0.05) is 37.5 Å². The van der Waals surface area contributed by atoms with Crippen LogP contribution in [-0.2, 0) is 0 Å². The molecule has 19 heavy (non-hydrogen) atoms. The smallest absolute Gasteiger partial charge is 0.0250 e. The van der Waals surface area contributed by atoms with E-state index in [1.807, 2.05) is 0 Å². The van der Waals surface area contributed by atoms with E-state index in [9.17, 15) is 0 Å². The molecular formula is C17H27NS. The zero-order valence-electron chi connectivity index (χ0n) is 12.5. The van der Waals surface area contributed by atoms with Crippen LogP contribution in [0.1, 0.15) is 44.6 Å². The van der Waals surface area contributed by atoms with Gasteiger partial charge in [-0.3, -0.25) is 0 Å². The molecule has 1 N–H and O–H groups in total. The van der Waals surface area contributed by atoms with Gasteiger partial charge in [0.05, 0.1) is 0 Å². The minimum Gasteiger partial charge on any atom is -0.316 e. The Morgan fingerprint density at radius 3 is 2.84 bits per heavy atom. The molecule has 0 spiro atoms. The minimum absolute atomic E-state index is 0.679. The quantitative estimate of drug-likeness (QED) is 0.841. The number of aryl methyl sites for hydroxylation is 1. The van der Waals surface area contributed by atoms with Crippen molar-refractivity contribution >= 4 is 11.8 Å². The molecule has 0 bridgehead atoms. The molecule has 1 aromatic carbocycles. The molecule has 1 aliphatic rings. The molecule has 1 aromatic rings. The lowest BCUT2D eigenvalue weighted by Gasteiger charge is -2.35. The second-order valence-electron chi connectivity index (χ2n) is 5.84. The summed E-state index contributed by atoms with van der Waals surface area (Å²) < 4.78 is 0. The average Bonchev–Trinajstić information content (AvgIpc) is 2.39. The Kier molecular flexibility index (Phi) is 5.77. The molecule has 3 atom stereocenters. The number of thioether (sulfide) groups is 1. The first-order valence-electron chi connectivity index (χ1n) is 7.63. The number of nitrogens with one attached hydrogen (secondary N) is 1. The van der Waals surface area contributed by atoms with E-state index in [0.29, 0.717) is 6.04 Å². The van der Waals surface area contributed by atoms with Crippen LogP contribution in [0.2, 0.25) is 0 Å². The Morgan fingerprint density at radius 2 is 2.16 bits per heavy atom. The fourth-order valence-corrected chi connectivity index (χ4v) is 4.77. The Morgan fingerprint density at radius 1 is 1.32 bits per heavy atom. The molecule has 1 saturated carbocycles. The van der Waals surface area contributed by atoms with Crippen molar-refractivity contribution < 1.29 is 0 Å². The molecule has 0 aromatic heterocycles. The van der Waals surface area contributed by atoms with E-state index in [1.54, 1.807) is 0 Å². The summed E-state index contributed by atoms with van der Waals surface area (Å²) in [5.74, 6) is 0.942. The van der Waals surface area contributed by atoms with Gasteiger partial charge in [0.15, 0.2) is 0 Å². The monoisotopic (exact) mass is 277 g/mol. The molecule has 1 fully saturated rings. The Balaban J connectivity index is 2.01. The normalized spacial score (nSPS) is 27.4. The average molecular weight is 277 g/mol. The zero-order valence-corrected chi connectivity index (χ0v) is 13.3. The lowest BCUT2D eigenvalue weighted by Crippen LogP contribution is -2.40. The summed E-state index contributed by atoms with van der Waals surface area (Å²) in [6, 6.07) is 9.62. The second kappa shape index (κ2) is 7.35. The molecule has 0 aliphatic heterocycles. The van der Waals surface area contributed by atoms with Crippen molar-refractivity contribution in [2.75, 3.05) is 7.05 Å². The SMILES string of the molecule is CCCC1CCC(NC)C(Sc2cccc(C)c2)C1. The van der Waals surface area contributed by atoms with Crippen molar-refractivity contribution in [2.45, 2.75) is 62.1 Å². The highest BCUT2D eigenvalue weighted by Crippen LogP contribution is 2.38. The maximum atomic E-state index is 3.53. The van der Waals surface area contributed by atoms with Crippen molar-refractivity contribution in [3.63, 3.8) is 0 Å². The van der Waals surface area contributed by atoms with E-state index in [0.717, 1.165) is 11.2 Å². The minimum atomic E-state index is 0.679. The zero-order chi connectivity index (χ0) is 13.7. The molecule has 0 amide bonds. The third-order valence-corrected chi connectivity index (χ3v) is 5.59. The summed E-state index contributed by atoms with van der Waals surface area (Å²) in [4.78, 5) is 1.43. The molecule has 0 heterocycles. The van der Waals surface area contributed by atoms with Gasteiger partial charge in [-0.2, -0.15) is 0 Å². The van der Waals surface area contributed by atoms with E-state index in [4.69, 9.17) is 0 Å². The molecule has 3 unspecified atom stereocenters. The number of rotatable bonds is 5. The Hall–Kier alpha value is -0.470. The molecule has 2 heteroatoms. The first-order valence-corrected chi connectivity index (χ1v) is 8.51. The lowest BCUT2D eigenvalue weighted by molar-refractivity contribution is 0.295. The topological polar surface area (TPSA) is 12.0 Å². The van der Waals surface area contributed by atoms with Crippen molar-refractivity contribution in [1.29, 1.82) is 0 Å². The van der Waals surface area contributed by atoms with Gasteiger partial charge >= 0.3 is 0 Å². The van der Waals surface area contributed by atoms with Gasteiger partial charge in [-0.05, 0) is 51.3 Å². The number of benzene rings is 1. The highest BCUT2D eigenvalue weighted by Gasteiger charge is 2.29. The summed E-state index contributed by atoms with van der Waals surface area (Å²) in [6.45, 7) is 4.49. The fraction of sp³-hybridized carbons (Fsp3) is 0.647. The summed E-state index contributed by atoms with van der Waals surface area (Å²) in [5.41, 5.74) is 1.37. The van der Waals surface area contributed by atoms with Crippen LogP contribution in [0.25, 0.3) is 0 Å². The van der Waals surface area contributed by atoms with Gasteiger partial charge in [0, 0.05) is 16.2 Å². The Labute approximate surface area is 122 Å². The maximum Gasteiger partial charge on any atom is 0.0250 e. The van der Waals surface area contributed by atoms with E-state index < -0.39 is 0 Å². The van der Waals surface area contributed by atoms with E-state index in [1.165, 1.54) is 42.6 Å². The third kappa shape index (κ3) is 4.25. The van der Waals surface area contributed by atoms with Gasteiger partial charge < -0.3 is 5.32 Å². The van der Waals surface area contributed by atoms with Crippen LogP contribution in [-0.4, -0.2) is 18.3 Å². The number of hydrogen-bond acceptors (Lipinski definition) is 2. The van der Waals surface area contributed by atoms with E-state index >= 15 is 0 Å². The van der Waals surface area contributed by atoms with Gasteiger partial charge in [0.25, 0.3) is 0 Å². The van der Waals surface area contributed by atoms with Gasteiger partial charge in [0.2, 0.25) is 0 Å². The molecule has 106 valence electrons. The van der Waals surface area contributed by atoms with Crippen LogP contribution in [0.3, 0.4) is 0 Å². The fourth-order valence-electron chi connectivity index (χ4n) is 3.21. The highest BCUT2D eigenvalue weighted by atomic mass is 32.2. The van der Waals surface area contributed by atoms with Crippen LogP contribution in [0.5, 0.6) is 0 Å². The summed E-state index contributed by atoms with van der Waals surface area (Å²) in [5, 5.41) is 4.26. The highest BCUT2D eigenvalue weighted by molar-refractivity contribution is 8.00. The van der Waals surface area contributed by atoms with Gasteiger partial charge in [-0.15, -0.1) is 11.8 Å². The summed E-state index contributed by atoms with van der Waals surface area (Å²) >= 11 is 2.08. The first kappa shape index (κ1) is 14.9. The van der Waals surface area contributed by atoms with Crippen LogP contribution in [0.15, 0.2) is 29.2 Å². The molecule has 2 rings (SSSR count). The molecular weight excluding hydrogens is 250 g/mol. The summed E-state index contributed by atoms with van der Waals surface area (Å²) in [6.07, 6.45) is 6.85. The van der Waals surface area contributed by atoms with Crippen molar-refractivity contribution in [3.05, 3.63) is 29.8 Å². The van der Waals surface area contributed by atoms with Crippen LogP contribution in [0, 0.1) is 12.8 Å².